The molecule has 3 aliphatic heterocycles. The van der Waals surface area contributed by atoms with Gasteiger partial charge in [0, 0.05) is 29.4 Å². The number of allylic oxidation sites excluding steroid dienone is 1. The molecule has 0 aromatic heterocycles. The van der Waals surface area contributed by atoms with Gasteiger partial charge in [-0.3, -0.25) is 0 Å². The van der Waals surface area contributed by atoms with Crippen molar-refractivity contribution in [2.24, 2.45) is 16.2 Å². The van der Waals surface area contributed by atoms with Crippen molar-refractivity contribution >= 4 is 0 Å². The van der Waals surface area contributed by atoms with E-state index in [0.29, 0.717) is 10.8 Å². The average Bonchev–Trinajstić information content (AvgIpc) is 3.26. The number of nitrogens with one attached hydrogen (secondary N) is 4. The van der Waals surface area contributed by atoms with Gasteiger partial charge >= 0.3 is 0 Å². The summed E-state index contributed by atoms with van der Waals surface area (Å²) in [6.07, 6.45) is 8.83. The van der Waals surface area contributed by atoms with Gasteiger partial charge in [0.05, 0.1) is 5.82 Å². The van der Waals surface area contributed by atoms with Gasteiger partial charge in [-0.2, -0.15) is 0 Å². The van der Waals surface area contributed by atoms with Gasteiger partial charge < -0.3 is 21.3 Å². The Labute approximate surface area is 203 Å². The second-order valence-corrected chi connectivity index (χ2v) is 11.9. The predicted molar refractivity (Wildman–Crippen MR) is 149 cm³/mol. The largest absolute Gasteiger partial charge is 0.347 e. The summed E-state index contributed by atoms with van der Waals surface area (Å²) in [5.41, 5.74) is 2.31. The zero-order chi connectivity index (χ0) is 22.3. The molecule has 0 radical (unpaired) electrons. The molecule has 0 aromatic rings. The smallest absolute Gasteiger partial charge is 0.0995 e. The summed E-state index contributed by atoms with van der Waals surface area (Å²) in [6, 6.07) is 1.51. The van der Waals surface area contributed by atoms with E-state index in [2.05, 4.69) is 90.2 Å². The maximum absolute atomic E-state index is 3.74. The lowest BCUT2D eigenvalue weighted by Crippen LogP contribution is -2.43. The first kappa shape index (κ1) is 35.6. The van der Waals surface area contributed by atoms with Crippen LogP contribution in [0.4, 0.5) is 0 Å². The zero-order valence-electron chi connectivity index (χ0n) is 20.9. The third-order valence-corrected chi connectivity index (χ3v) is 5.95. The van der Waals surface area contributed by atoms with Gasteiger partial charge in [-0.15, -0.1) is 0 Å². The van der Waals surface area contributed by atoms with E-state index in [4.69, 9.17) is 0 Å². The molecule has 3 heterocycles. The third-order valence-electron chi connectivity index (χ3n) is 5.95. The molecule has 0 aromatic carbocycles. The molecule has 4 heteroatoms. The molecule has 0 spiro atoms. The van der Waals surface area contributed by atoms with Crippen LogP contribution < -0.4 is 21.3 Å². The molecule has 2 unspecified atom stereocenters. The highest BCUT2D eigenvalue weighted by molar-refractivity contribution is 5.21. The molecule has 2 saturated heterocycles. The number of hydrogen-bond acceptors (Lipinski definition) is 4. The lowest BCUT2D eigenvalue weighted by atomic mass is 9.82. The van der Waals surface area contributed by atoms with E-state index < -0.39 is 0 Å². The van der Waals surface area contributed by atoms with E-state index in [1.807, 2.05) is 6.20 Å². The first-order chi connectivity index (χ1) is 13.2. The Morgan fingerprint density at radius 1 is 0.719 bits per heavy atom. The minimum atomic E-state index is 0. The van der Waals surface area contributed by atoms with Crippen LogP contribution in [0.3, 0.4) is 0 Å². The van der Waals surface area contributed by atoms with Crippen LogP contribution in [0.2, 0.25) is 0 Å². The maximum atomic E-state index is 3.74. The van der Waals surface area contributed by atoms with Gasteiger partial charge in [-0.05, 0) is 49.6 Å². The fraction of sp³-hybridized carbons (Fsp3) is 0.857. The van der Waals surface area contributed by atoms with E-state index in [-0.39, 0.29) is 27.7 Å². The quantitative estimate of drug-likeness (QED) is 0.308. The van der Waals surface area contributed by atoms with Crippen LogP contribution in [0.1, 0.15) is 117 Å². The van der Waals surface area contributed by atoms with Crippen LogP contribution >= 0.6 is 0 Å². The number of piperidine rings is 1. The van der Waals surface area contributed by atoms with Crippen LogP contribution in [0.5, 0.6) is 0 Å². The fourth-order valence-corrected chi connectivity index (χ4v) is 3.81. The SMILES string of the molecule is C.C.C.C=C1NC=C(C(C)(C)C)N1.CC(C)(C)C1CCCCN1.CC(C)(C)C1CCCN1. The maximum Gasteiger partial charge on any atom is 0.0995 e. The lowest BCUT2D eigenvalue weighted by Gasteiger charge is -2.34. The lowest BCUT2D eigenvalue weighted by molar-refractivity contribution is 0.226. The highest BCUT2D eigenvalue weighted by atomic mass is 15.1. The van der Waals surface area contributed by atoms with Crippen molar-refractivity contribution < 1.29 is 0 Å². The molecule has 0 amide bonds. The summed E-state index contributed by atoms with van der Waals surface area (Å²) < 4.78 is 0. The Hall–Kier alpha value is -1.00. The van der Waals surface area contributed by atoms with Crippen molar-refractivity contribution in [1.29, 1.82) is 0 Å². The summed E-state index contributed by atoms with van der Waals surface area (Å²) in [7, 11) is 0. The third kappa shape index (κ3) is 13.5. The van der Waals surface area contributed by atoms with Gasteiger partial charge in [-0.25, -0.2) is 0 Å². The molecule has 2 atom stereocenters. The highest BCUT2D eigenvalue weighted by Crippen LogP contribution is 2.26. The van der Waals surface area contributed by atoms with Gasteiger partial charge in [0.1, 0.15) is 0 Å². The first-order valence-corrected chi connectivity index (χ1v) is 11.6. The Bertz CT molecular complexity index is 517. The summed E-state index contributed by atoms with van der Waals surface area (Å²) in [4.78, 5) is 0. The minimum Gasteiger partial charge on any atom is -0.347 e. The van der Waals surface area contributed by atoms with Crippen LogP contribution in [0, 0.1) is 16.2 Å². The van der Waals surface area contributed by atoms with Crippen LogP contribution in [-0.4, -0.2) is 25.2 Å². The molecular weight excluding hydrogens is 392 g/mol. The van der Waals surface area contributed by atoms with E-state index in [1.54, 1.807) is 0 Å². The van der Waals surface area contributed by atoms with Crippen molar-refractivity contribution in [3.8, 4) is 0 Å². The van der Waals surface area contributed by atoms with Crippen LogP contribution in [0.25, 0.3) is 0 Å². The van der Waals surface area contributed by atoms with E-state index >= 15 is 0 Å². The molecule has 2 fully saturated rings. The molecule has 194 valence electrons. The van der Waals surface area contributed by atoms with E-state index in [0.717, 1.165) is 17.9 Å². The molecule has 0 bridgehead atoms. The summed E-state index contributed by atoms with van der Waals surface area (Å²) >= 11 is 0. The van der Waals surface area contributed by atoms with Gasteiger partial charge in [-0.1, -0.05) is 97.6 Å². The van der Waals surface area contributed by atoms with Crippen molar-refractivity contribution in [2.45, 2.75) is 129 Å². The van der Waals surface area contributed by atoms with Crippen LogP contribution in [-0.2, 0) is 0 Å². The van der Waals surface area contributed by atoms with Crippen molar-refractivity contribution in [1.82, 2.24) is 21.3 Å². The second-order valence-electron chi connectivity index (χ2n) is 11.9. The molecular formula is C28H62N4. The van der Waals surface area contributed by atoms with Crippen molar-refractivity contribution in [3.05, 3.63) is 24.3 Å². The molecule has 4 nitrogen and oxygen atoms in total. The zero-order valence-corrected chi connectivity index (χ0v) is 20.9. The Morgan fingerprint density at radius 3 is 1.38 bits per heavy atom. The predicted octanol–water partition coefficient (Wildman–Crippen LogP) is 7.41. The number of rotatable bonds is 0. The first-order valence-electron chi connectivity index (χ1n) is 11.6. The molecule has 3 aliphatic rings. The Kier molecular flexibility index (Phi) is 16.7. The van der Waals surface area contributed by atoms with Gasteiger partial charge in [0.25, 0.3) is 0 Å². The molecule has 4 N–H and O–H groups in total. The Morgan fingerprint density at radius 2 is 1.16 bits per heavy atom. The monoisotopic (exact) mass is 454 g/mol. The fourth-order valence-electron chi connectivity index (χ4n) is 3.81. The summed E-state index contributed by atoms with van der Waals surface area (Å²) in [5, 5.41) is 13.2. The molecule has 3 rings (SSSR count). The van der Waals surface area contributed by atoms with Gasteiger partial charge in [0.2, 0.25) is 0 Å². The van der Waals surface area contributed by atoms with Crippen molar-refractivity contribution in [2.75, 3.05) is 13.1 Å². The second kappa shape index (κ2) is 15.0. The van der Waals surface area contributed by atoms with Crippen LogP contribution in [0.15, 0.2) is 24.3 Å². The van der Waals surface area contributed by atoms with Crippen molar-refractivity contribution in [3.63, 3.8) is 0 Å². The highest BCUT2D eigenvalue weighted by Gasteiger charge is 2.26. The van der Waals surface area contributed by atoms with E-state index in [1.165, 1.54) is 50.9 Å². The summed E-state index contributed by atoms with van der Waals surface area (Å²) in [5.74, 6) is 0.866. The standard InChI is InChI=1S/C9H19N.C8H14N2.C8H17N.3CH4/c1-9(2,3)8-6-4-5-7-10-8;1-6-9-5-7(10-6)8(2,3)4;1-8(2,3)7-5-4-6-9-7;;;/h8,10H,4-7H2,1-3H3;5,9-10H,1H2,2-4H3;7,9H,4-6H2,1-3H3;3*1H4. The topological polar surface area (TPSA) is 48.1 Å². The molecule has 0 saturated carbocycles. The van der Waals surface area contributed by atoms with Gasteiger partial charge in [0.15, 0.2) is 0 Å². The molecule has 32 heavy (non-hydrogen) atoms. The Balaban J connectivity index is -0.000000377. The minimum absolute atomic E-state index is 0. The summed E-state index contributed by atoms with van der Waals surface area (Å²) in [6.45, 7) is 26.5. The number of hydrogen-bond donors (Lipinski definition) is 4. The normalized spacial score (nSPS) is 22.7. The average molecular weight is 455 g/mol. The van der Waals surface area contributed by atoms with E-state index in [9.17, 15) is 0 Å². The molecule has 0 aliphatic carbocycles.